The molecule has 1 aromatic heterocycles. The highest BCUT2D eigenvalue weighted by Crippen LogP contribution is 2.28. The van der Waals surface area contributed by atoms with E-state index in [4.69, 9.17) is 4.74 Å². The maximum absolute atomic E-state index is 11.6. The molecule has 28 heavy (non-hydrogen) atoms. The molecule has 0 radical (unpaired) electrons. The maximum Gasteiger partial charge on any atom is 0.223 e. The van der Waals surface area contributed by atoms with E-state index in [1.54, 1.807) is 7.11 Å². The third kappa shape index (κ3) is 5.70. The standard InChI is InChI=1S/C19H27N7O2/c1-3-20-19(22-11-10-21-18(27)14-4-5-14)23-12-16-24-17(26-25-16)13-6-8-15(28-2)9-7-13/h6-9,14H,3-5,10-12H2,1-2H3,(H,21,27)(H2,20,22,23)(H,24,25,26). The van der Waals surface area contributed by atoms with E-state index in [1.807, 2.05) is 31.2 Å². The molecule has 1 aliphatic carbocycles. The molecule has 9 nitrogen and oxygen atoms in total. The van der Waals surface area contributed by atoms with Crippen LogP contribution < -0.4 is 20.7 Å². The lowest BCUT2D eigenvalue weighted by Gasteiger charge is -2.11. The average Bonchev–Trinajstić information content (AvgIpc) is 3.47. The number of hydrogen-bond acceptors (Lipinski definition) is 5. The van der Waals surface area contributed by atoms with Gasteiger partial charge in [-0.1, -0.05) is 0 Å². The fourth-order valence-electron chi connectivity index (χ4n) is 2.59. The fourth-order valence-corrected chi connectivity index (χ4v) is 2.59. The molecule has 1 amide bonds. The molecule has 1 saturated carbocycles. The Morgan fingerprint density at radius 1 is 1.21 bits per heavy atom. The number of ether oxygens (including phenoxy) is 1. The lowest BCUT2D eigenvalue weighted by atomic mass is 10.2. The first-order valence-electron chi connectivity index (χ1n) is 9.55. The molecule has 0 saturated heterocycles. The molecule has 9 heteroatoms. The summed E-state index contributed by atoms with van der Waals surface area (Å²) in [5.74, 6) is 3.13. The van der Waals surface area contributed by atoms with E-state index < -0.39 is 0 Å². The van der Waals surface area contributed by atoms with Gasteiger partial charge in [0.1, 0.15) is 18.1 Å². The lowest BCUT2D eigenvalue weighted by Crippen LogP contribution is -2.41. The molecule has 0 bridgehead atoms. The Bertz CT molecular complexity index is 797. The van der Waals surface area contributed by atoms with Gasteiger partial charge < -0.3 is 20.7 Å². The van der Waals surface area contributed by atoms with Gasteiger partial charge in [0.05, 0.1) is 7.11 Å². The van der Waals surface area contributed by atoms with E-state index in [0.29, 0.717) is 37.2 Å². The van der Waals surface area contributed by atoms with Crippen molar-refractivity contribution in [3.63, 3.8) is 0 Å². The molecule has 1 heterocycles. The molecule has 0 atom stereocenters. The number of aliphatic imine (C=N–C) groups is 1. The molecule has 0 unspecified atom stereocenters. The average molecular weight is 385 g/mol. The van der Waals surface area contributed by atoms with Crippen LogP contribution in [0.4, 0.5) is 0 Å². The van der Waals surface area contributed by atoms with Gasteiger partial charge in [0.2, 0.25) is 5.91 Å². The quantitative estimate of drug-likeness (QED) is 0.291. The Balaban J connectivity index is 1.50. The minimum atomic E-state index is 0.150. The summed E-state index contributed by atoms with van der Waals surface area (Å²) in [7, 11) is 1.63. The van der Waals surface area contributed by atoms with Gasteiger partial charge in [0.15, 0.2) is 11.8 Å². The highest BCUT2D eigenvalue weighted by atomic mass is 16.5. The molecular weight excluding hydrogens is 358 g/mol. The van der Waals surface area contributed by atoms with Crippen LogP contribution in [-0.4, -0.2) is 53.8 Å². The maximum atomic E-state index is 11.6. The SMILES string of the molecule is CCNC(=NCc1nc(-c2ccc(OC)cc2)n[nH]1)NCCNC(=O)C1CC1. The molecular formula is C19H27N7O2. The van der Waals surface area contributed by atoms with Crippen molar-refractivity contribution in [1.82, 2.24) is 31.1 Å². The number of amides is 1. The molecule has 0 spiro atoms. The van der Waals surface area contributed by atoms with Crippen molar-refractivity contribution >= 4 is 11.9 Å². The summed E-state index contributed by atoms with van der Waals surface area (Å²) in [6.45, 7) is 4.30. The van der Waals surface area contributed by atoms with Crippen LogP contribution in [0.5, 0.6) is 5.75 Å². The van der Waals surface area contributed by atoms with Crippen LogP contribution >= 0.6 is 0 Å². The summed E-state index contributed by atoms with van der Waals surface area (Å²) in [5, 5.41) is 16.5. The zero-order chi connectivity index (χ0) is 19.8. The van der Waals surface area contributed by atoms with Crippen LogP contribution in [0, 0.1) is 5.92 Å². The van der Waals surface area contributed by atoms with Crippen molar-refractivity contribution < 1.29 is 9.53 Å². The highest BCUT2D eigenvalue weighted by molar-refractivity contribution is 5.81. The number of rotatable bonds is 9. The zero-order valence-electron chi connectivity index (χ0n) is 16.3. The fraction of sp³-hybridized carbons (Fsp3) is 0.474. The second-order valence-electron chi connectivity index (χ2n) is 6.52. The van der Waals surface area contributed by atoms with Crippen LogP contribution in [-0.2, 0) is 11.3 Å². The molecule has 2 aromatic rings. The number of carbonyl (C=O) groups is 1. The summed E-state index contributed by atoms with van der Waals surface area (Å²) < 4.78 is 5.16. The van der Waals surface area contributed by atoms with Crippen molar-refractivity contribution in [2.45, 2.75) is 26.3 Å². The summed E-state index contributed by atoms with van der Waals surface area (Å²) in [6.07, 6.45) is 2.03. The Morgan fingerprint density at radius 3 is 2.64 bits per heavy atom. The number of guanidine groups is 1. The van der Waals surface area contributed by atoms with Crippen LogP contribution in [0.2, 0.25) is 0 Å². The molecule has 4 N–H and O–H groups in total. The van der Waals surface area contributed by atoms with Crippen LogP contribution in [0.25, 0.3) is 11.4 Å². The smallest absolute Gasteiger partial charge is 0.223 e. The highest BCUT2D eigenvalue weighted by Gasteiger charge is 2.28. The van der Waals surface area contributed by atoms with E-state index in [9.17, 15) is 4.79 Å². The second kappa shape index (κ2) is 9.72. The number of benzene rings is 1. The minimum absolute atomic E-state index is 0.150. The van der Waals surface area contributed by atoms with E-state index in [1.165, 1.54) is 0 Å². The van der Waals surface area contributed by atoms with E-state index >= 15 is 0 Å². The van der Waals surface area contributed by atoms with Gasteiger partial charge in [-0.25, -0.2) is 9.98 Å². The van der Waals surface area contributed by atoms with Crippen LogP contribution in [0.15, 0.2) is 29.3 Å². The topological polar surface area (TPSA) is 116 Å². The van der Waals surface area contributed by atoms with Crippen molar-refractivity contribution in [2.75, 3.05) is 26.7 Å². The van der Waals surface area contributed by atoms with E-state index in [0.717, 1.165) is 30.7 Å². The summed E-state index contributed by atoms with van der Waals surface area (Å²) >= 11 is 0. The number of H-pyrrole nitrogens is 1. The van der Waals surface area contributed by atoms with Gasteiger partial charge >= 0.3 is 0 Å². The van der Waals surface area contributed by atoms with Crippen molar-refractivity contribution in [3.8, 4) is 17.1 Å². The molecule has 1 fully saturated rings. The molecule has 150 valence electrons. The third-order valence-corrected chi connectivity index (χ3v) is 4.28. The van der Waals surface area contributed by atoms with Gasteiger partial charge in [-0.15, -0.1) is 0 Å². The van der Waals surface area contributed by atoms with Gasteiger partial charge in [-0.2, -0.15) is 5.10 Å². The number of aromatic amines is 1. The lowest BCUT2D eigenvalue weighted by molar-refractivity contribution is -0.122. The number of nitrogens with zero attached hydrogens (tertiary/aromatic N) is 3. The first-order chi connectivity index (χ1) is 13.7. The minimum Gasteiger partial charge on any atom is -0.497 e. The van der Waals surface area contributed by atoms with Crippen molar-refractivity contribution in [3.05, 3.63) is 30.1 Å². The number of methoxy groups -OCH3 is 1. The second-order valence-corrected chi connectivity index (χ2v) is 6.52. The van der Waals surface area contributed by atoms with E-state index in [2.05, 4.69) is 36.1 Å². The monoisotopic (exact) mass is 385 g/mol. The summed E-state index contributed by atoms with van der Waals surface area (Å²) in [5.41, 5.74) is 0.906. The number of carbonyl (C=O) groups excluding carboxylic acids is 1. The predicted molar refractivity (Wildman–Crippen MR) is 107 cm³/mol. The Morgan fingerprint density at radius 2 is 1.96 bits per heavy atom. The first kappa shape index (κ1) is 19.7. The number of aromatic nitrogens is 3. The Labute approximate surface area is 164 Å². The number of hydrogen-bond donors (Lipinski definition) is 4. The molecule has 1 aliphatic rings. The largest absolute Gasteiger partial charge is 0.497 e. The van der Waals surface area contributed by atoms with Crippen LogP contribution in [0.3, 0.4) is 0 Å². The molecule has 1 aromatic carbocycles. The van der Waals surface area contributed by atoms with Gasteiger partial charge in [0, 0.05) is 31.1 Å². The van der Waals surface area contributed by atoms with Gasteiger partial charge in [-0.05, 0) is 44.0 Å². The van der Waals surface area contributed by atoms with Crippen molar-refractivity contribution in [2.24, 2.45) is 10.9 Å². The molecule has 3 rings (SSSR count). The van der Waals surface area contributed by atoms with Crippen molar-refractivity contribution in [1.29, 1.82) is 0 Å². The summed E-state index contributed by atoms with van der Waals surface area (Å²) in [4.78, 5) is 20.6. The van der Waals surface area contributed by atoms with Gasteiger partial charge in [0.25, 0.3) is 0 Å². The normalized spacial score (nSPS) is 13.9. The van der Waals surface area contributed by atoms with Crippen LogP contribution in [0.1, 0.15) is 25.6 Å². The van der Waals surface area contributed by atoms with E-state index in [-0.39, 0.29) is 11.8 Å². The Hall–Kier alpha value is -3.10. The predicted octanol–water partition coefficient (Wildman–Crippen LogP) is 1.06. The van der Waals surface area contributed by atoms with Gasteiger partial charge in [-0.3, -0.25) is 9.89 Å². The Kier molecular flexibility index (Phi) is 6.83. The summed E-state index contributed by atoms with van der Waals surface area (Å²) in [6, 6.07) is 7.57. The zero-order valence-corrected chi connectivity index (χ0v) is 16.3. The molecule has 0 aliphatic heterocycles. The number of nitrogens with one attached hydrogen (secondary N) is 4. The third-order valence-electron chi connectivity index (χ3n) is 4.28. The first-order valence-corrected chi connectivity index (χ1v) is 9.55.